The normalized spacial score (nSPS) is 23.0. The highest BCUT2D eigenvalue weighted by molar-refractivity contribution is 6.11. The summed E-state index contributed by atoms with van der Waals surface area (Å²) in [6, 6.07) is 12.4. The van der Waals surface area contributed by atoms with Crippen LogP contribution in [0.2, 0.25) is 0 Å². The number of hydrogen-bond donors (Lipinski definition) is 1. The maximum absolute atomic E-state index is 13.2. The molecule has 4 rings (SSSR count). The first-order chi connectivity index (χ1) is 16.1. The number of ether oxygens (including phenoxy) is 5. The van der Waals surface area contributed by atoms with Gasteiger partial charge < -0.3 is 28.8 Å². The largest absolute Gasteiger partial charge is 0.497 e. The molecule has 0 aromatic heterocycles. The van der Waals surface area contributed by atoms with E-state index in [0.29, 0.717) is 29.0 Å². The Bertz CT molecular complexity index is 1150. The van der Waals surface area contributed by atoms with Crippen LogP contribution in [0.3, 0.4) is 0 Å². The number of aliphatic hydroxyl groups is 1. The highest BCUT2D eigenvalue weighted by Crippen LogP contribution is 2.44. The Balaban J connectivity index is 1.80. The molecule has 0 unspecified atom stereocenters. The smallest absolute Gasteiger partial charge is 0.375 e. The Hall–Kier alpha value is -3.52. The van der Waals surface area contributed by atoms with Crippen LogP contribution >= 0.6 is 0 Å². The van der Waals surface area contributed by atoms with Gasteiger partial charge in [0.1, 0.15) is 17.1 Å². The topological polar surface area (TPSA) is 101 Å². The zero-order valence-electron chi connectivity index (χ0n) is 19.8. The zero-order valence-corrected chi connectivity index (χ0v) is 19.8. The molecule has 0 amide bonds. The molecule has 34 heavy (non-hydrogen) atoms. The van der Waals surface area contributed by atoms with Crippen LogP contribution < -0.4 is 9.47 Å². The van der Waals surface area contributed by atoms with E-state index in [1.165, 1.54) is 14.2 Å². The molecule has 8 nitrogen and oxygen atoms in total. The van der Waals surface area contributed by atoms with Crippen molar-refractivity contribution < 1.29 is 38.4 Å². The van der Waals surface area contributed by atoms with Gasteiger partial charge in [0.25, 0.3) is 0 Å². The molecule has 2 aliphatic heterocycles. The molecule has 0 saturated carbocycles. The maximum Gasteiger partial charge on any atom is 0.375 e. The summed E-state index contributed by atoms with van der Waals surface area (Å²) in [5.41, 5.74) is -0.114. The fraction of sp³-hybridized carbons (Fsp3) is 0.385. The number of methoxy groups -OCH3 is 3. The average molecular weight is 469 g/mol. The molecule has 2 aliphatic rings. The number of rotatable bonds is 6. The van der Waals surface area contributed by atoms with Crippen molar-refractivity contribution >= 4 is 17.5 Å². The van der Waals surface area contributed by atoms with E-state index in [2.05, 4.69) is 0 Å². The molecule has 0 bridgehead atoms. The minimum Gasteiger partial charge on any atom is -0.497 e. The van der Waals surface area contributed by atoms with E-state index in [1.54, 1.807) is 37.4 Å². The third-order valence-corrected chi connectivity index (χ3v) is 6.35. The highest BCUT2D eigenvalue weighted by atomic mass is 16.6. The molecular formula is C26H28O8. The van der Waals surface area contributed by atoms with Crippen LogP contribution in [0.15, 0.2) is 48.2 Å². The first kappa shape index (κ1) is 23.6. The predicted molar refractivity (Wildman–Crippen MR) is 122 cm³/mol. The molecule has 2 aromatic rings. The van der Waals surface area contributed by atoms with E-state index < -0.39 is 29.2 Å². The molecule has 0 fully saturated rings. The molecule has 8 heteroatoms. The predicted octanol–water partition coefficient (Wildman–Crippen LogP) is 2.84. The van der Waals surface area contributed by atoms with Gasteiger partial charge in [0.2, 0.25) is 11.4 Å². The summed E-state index contributed by atoms with van der Waals surface area (Å²) in [6.07, 6.45) is -0.290. The number of benzene rings is 2. The molecular weight excluding hydrogens is 440 g/mol. The minimum atomic E-state index is -1.76. The van der Waals surface area contributed by atoms with Gasteiger partial charge in [0.05, 0.1) is 33.0 Å². The molecule has 2 heterocycles. The lowest BCUT2D eigenvalue weighted by atomic mass is 9.82. The van der Waals surface area contributed by atoms with Gasteiger partial charge in [-0.15, -0.1) is 0 Å². The van der Waals surface area contributed by atoms with Crippen molar-refractivity contribution in [3.8, 4) is 11.5 Å². The van der Waals surface area contributed by atoms with Crippen molar-refractivity contribution in [2.45, 2.75) is 44.0 Å². The first-order valence-corrected chi connectivity index (χ1v) is 10.9. The van der Waals surface area contributed by atoms with Crippen molar-refractivity contribution in [1.82, 2.24) is 0 Å². The van der Waals surface area contributed by atoms with Gasteiger partial charge in [-0.3, -0.25) is 0 Å². The Kier molecular flexibility index (Phi) is 6.03. The van der Waals surface area contributed by atoms with Gasteiger partial charge in [-0.25, -0.2) is 9.59 Å². The highest BCUT2D eigenvalue weighted by Gasteiger charge is 2.56. The van der Waals surface area contributed by atoms with Crippen LogP contribution in [0.25, 0.3) is 5.57 Å². The average Bonchev–Trinajstić information content (AvgIpc) is 3.11. The van der Waals surface area contributed by atoms with Gasteiger partial charge >= 0.3 is 11.9 Å². The quantitative estimate of drug-likeness (QED) is 0.646. The molecule has 0 radical (unpaired) electrons. The number of esters is 2. The molecule has 0 aliphatic carbocycles. The van der Waals surface area contributed by atoms with Crippen LogP contribution in [0.4, 0.5) is 0 Å². The minimum absolute atomic E-state index is 0.00635. The summed E-state index contributed by atoms with van der Waals surface area (Å²) >= 11 is 0. The Morgan fingerprint density at radius 3 is 2.38 bits per heavy atom. The standard InChI is InChI=1S/C26H28O8/c1-25(2)20(27)13-17-12-15(6-11-19(17)33-25)14-26(24(29)32-5)21(22(31-4)23(28)34-26)16-7-9-18(30-3)10-8-16/h6-12,20,27H,13-14H2,1-5H3/t20-,26+/m0/s1. The Labute approximate surface area is 198 Å². The number of hydrogen-bond acceptors (Lipinski definition) is 8. The summed E-state index contributed by atoms with van der Waals surface area (Å²) in [6.45, 7) is 3.66. The van der Waals surface area contributed by atoms with E-state index >= 15 is 0 Å². The SMILES string of the molecule is COC(=O)[C@]1(Cc2ccc3c(c2)C[C@H](O)C(C)(C)O3)OC(=O)C(OC)=C1c1ccc(OC)cc1. The second-order valence-corrected chi connectivity index (χ2v) is 8.89. The Morgan fingerprint density at radius 2 is 1.76 bits per heavy atom. The fourth-order valence-corrected chi connectivity index (χ4v) is 4.45. The van der Waals surface area contributed by atoms with Crippen molar-refractivity contribution in [3.63, 3.8) is 0 Å². The van der Waals surface area contributed by atoms with Gasteiger partial charge in [-0.05, 0) is 48.7 Å². The second-order valence-electron chi connectivity index (χ2n) is 8.89. The van der Waals surface area contributed by atoms with Crippen LogP contribution in [-0.2, 0) is 36.6 Å². The van der Waals surface area contributed by atoms with Crippen LogP contribution in [-0.4, -0.2) is 55.7 Å². The van der Waals surface area contributed by atoms with Crippen LogP contribution in [0.5, 0.6) is 11.5 Å². The monoisotopic (exact) mass is 468 g/mol. The number of cyclic esters (lactones) is 1. The number of carbonyl (C=O) groups is 2. The van der Waals surface area contributed by atoms with E-state index in [9.17, 15) is 14.7 Å². The van der Waals surface area contributed by atoms with E-state index in [1.807, 2.05) is 26.0 Å². The maximum atomic E-state index is 13.2. The third-order valence-electron chi connectivity index (χ3n) is 6.35. The lowest BCUT2D eigenvalue weighted by Crippen LogP contribution is -2.46. The summed E-state index contributed by atoms with van der Waals surface area (Å²) in [4.78, 5) is 26.0. The summed E-state index contributed by atoms with van der Waals surface area (Å²) < 4.78 is 27.4. The Morgan fingerprint density at radius 1 is 1.06 bits per heavy atom. The molecule has 1 N–H and O–H groups in total. The third kappa shape index (κ3) is 3.88. The first-order valence-electron chi connectivity index (χ1n) is 10.9. The van der Waals surface area contributed by atoms with Gasteiger partial charge in [-0.1, -0.05) is 24.3 Å². The summed E-state index contributed by atoms with van der Waals surface area (Å²) in [5, 5.41) is 10.5. The van der Waals surface area contributed by atoms with Crippen molar-refractivity contribution in [1.29, 1.82) is 0 Å². The van der Waals surface area contributed by atoms with E-state index in [4.69, 9.17) is 23.7 Å². The van der Waals surface area contributed by atoms with Crippen molar-refractivity contribution in [2.24, 2.45) is 0 Å². The van der Waals surface area contributed by atoms with E-state index in [0.717, 1.165) is 5.56 Å². The molecule has 0 spiro atoms. The lowest BCUT2D eigenvalue weighted by molar-refractivity contribution is -0.169. The number of carbonyl (C=O) groups excluding carboxylic acids is 2. The zero-order chi connectivity index (χ0) is 24.7. The molecule has 2 atom stereocenters. The number of fused-ring (bicyclic) bond motifs is 1. The number of aliphatic hydroxyl groups excluding tert-OH is 1. The van der Waals surface area contributed by atoms with Crippen molar-refractivity contribution in [3.05, 3.63) is 64.9 Å². The molecule has 180 valence electrons. The fourth-order valence-electron chi connectivity index (χ4n) is 4.45. The van der Waals surface area contributed by atoms with Gasteiger partial charge in [0, 0.05) is 12.8 Å². The van der Waals surface area contributed by atoms with E-state index in [-0.39, 0.29) is 17.8 Å². The van der Waals surface area contributed by atoms with Crippen LogP contribution in [0.1, 0.15) is 30.5 Å². The molecule has 0 saturated heterocycles. The van der Waals surface area contributed by atoms with Gasteiger partial charge in [-0.2, -0.15) is 0 Å². The molecule has 2 aromatic carbocycles. The summed E-state index contributed by atoms with van der Waals surface area (Å²) in [5.74, 6) is -0.258. The second kappa shape index (κ2) is 8.68. The van der Waals surface area contributed by atoms with Crippen molar-refractivity contribution in [2.75, 3.05) is 21.3 Å². The summed E-state index contributed by atoms with van der Waals surface area (Å²) in [7, 11) is 4.15. The van der Waals surface area contributed by atoms with Crippen LogP contribution in [0, 0.1) is 0 Å². The lowest BCUT2D eigenvalue weighted by Gasteiger charge is -2.37. The van der Waals surface area contributed by atoms with Gasteiger partial charge in [0.15, 0.2) is 0 Å².